The van der Waals surface area contributed by atoms with E-state index >= 15 is 0 Å². The Bertz CT molecular complexity index is 943. The monoisotopic (exact) mass is 427 g/mol. The predicted octanol–water partition coefficient (Wildman–Crippen LogP) is 5.04. The number of carbonyl (C=O) groups is 1. The minimum atomic E-state index is -0.529. The summed E-state index contributed by atoms with van der Waals surface area (Å²) in [6.45, 7) is 3.56. The van der Waals surface area contributed by atoms with Crippen molar-refractivity contribution in [2.24, 2.45) is 0 Å². The van der Waals surface area contributed by atoms with Gasteiger partial charge in [0, 0.05) is 23.2 Å². The molecular formula is C21H19BrFN3O. The molecule has 4 nitrogen and oxygen atoms in total. The standard InChI is InChI=1S/C21H19BrFN3O/c1-14-9-20(26-7-2-3-8-26)19(23)11-15(14)10-16(13-24)21(27)25-18-6-4-5-17(22)12-18/h4-6,9-12H,2-3,7-8H2,1H3,(H,25,27). The van der Waals surface area contributed by atoms with Gasteiger partial charge in [-0.05, 0) is 67.3 Å². The Hall–Kier alpha value is -2.65. The second-order valence-electron chi connectivity index (χ2n) is 6.49. The number of carbonyl (C=O) groups excluding carboxylic acids is 1. The maximum Gasteiger partial charge on any atom is 0.266 e. The molecule has 2 aromatic carbocycles. The smallest absolute Gasteiger partial charge is 0.266 e. The lowest BCUT2D eigenvalue weighted by Gasteiger charge is -2.19. The third-order valence-corrected chi connectivity index (χ3v) is 5.02. The number of anilines is 2. The molecule has 1 amide bonds. The van der Waals surface area contributed by atoms with E-state index in [2.05, 4.69) is 21.2 Å². The zero-order chi connectivity index (χ0) is 19.4. The fourth-order valence-electron chi connectivity index (χ4n) is 3.11. The molecule has 1 aliphatic heterocycles. The first kappa shape index (κ1) is 19.1. The van der Waals surface area contributed by atoms with E-state index in [1.165, 1.54) is 12.1 Å². The number of nitriles is 1. The molecule has 1 saturated heterocycles. The van der Waals surface area contributed by atoms with Crippen LogP contribution in [-0.4, -0.2) is 19.0 Å². The topological polar surface area (TPSA) is 56.1 Å². The van der Waals surface area contributed by atoms with Crippen LogP contribution in [0.15, 0.2) is 46.4 Å². The molecule has 1 aliphatic rings. The van der Waals surface area contributed by atoms with E-state index in [0.717, 1.165) is 36.0 Å². The molecule has 1 heterocycles. The highest BCUT2D eigenvalue weighted by Crippen LogP contribution is 2.28. The maximum atomic E-state index is 14.6. The van der Waals surface area contributed by atoms with Gasteiger partial charge in [0.1, 0.15) is 17.5 Å². The Labute approximate surface area is 166 Å². The molecule has 0 atom stereocenters. The van der Waals surface area contributed by atoms with Crippen molar-refractivity contribution >= 4 is 39.3 Å². The number of rotatable bonds is 4. The number of benzene rings is 2. The van der Waals surface area contributed by atoms with Crippen molar-refractivity contribution in [2.45, 2.75) is 19.8 Å². The molecule has 2 aromatic rings. The van der Waals surface area contributed by atoms with Gasteiger partial charge in [-0.2, -0.15) is 5.26 Å². The lowest BCUT2D eigenvalue weighted by atomic mass is 10.0. The lowest BCUT2D eigenvalue weighted by molar-refractivity contribution is -0.112. The number of aryl methyl sites for hydroxylation is 1. The first-order valence-electron chi connectivity index (χ1n) is 8.72. The number of hydrogen-bond donors (Lipinski definition) is 1. The Morgan fingerprint density at radius 2 is 2.04 bits per heavy atom. The van der Waals surface area contributed by atoms with Crippen LogP contribution < -0.4 is 10.2 Å². The first-order chi connectivity index (χ1) is 13.0. The van der Waals surface area contributed by atoms with Crippen molar-refractivity contribution < 1.29 is 9.18 Å². The summed E-state index contributed by atoms with van der Waals surface area (Å²) in [6.07, 6.45) is 3.56. The van der Waals surface area contributed by atoms with Gasteiger partial charge in [0.05, 0.1) is 5.69 Å². The minimum absolute atomic E-state index is 0.0774. The third-order valence-electron chi connectivity index (χ3n) is 4.53. The van der Waals surface area contributed by atoms with Crippen molar-refractivity contribution in [2.75, 3.05) is 23.3 Å². The summed E-state index contributed by atoms with van der Waals surface area (Å²) >= 11 is 3.34. The molecule has 27 heavy (non-hydrogen) atoms. The molecule has 0 spiro atoms. The number of amides is 1. The molecule has 0 radical (unpaired) electrons. The summed E-state index contributed by atoms with van der Waals surface area (Å²) in [5.41, 5.74) is 2.42. The highest BCUT2D eigenvalue weighted by molar-refractivity contribution is 9.10. The SMILES string of the molecule is Cc1cc(N2CCCC2)c(F)cc1C=C(C#N)C(=O)Nc1cccc(Br)c1. The molecule has 6 heteroatoms. The molecule has 0 unspecified atom stereocenters. The van der Waals surface area contributed by atoms with E-state index in [4.69, 9.17) is 0 Å². The predicted molar refractivity (Wildman–Crippen MR) is 109 cm³/mol. The molecule has 138 valence electrons. The van der Waals surface area contributed by atoms with Crippen LogP contribution in [0.5, 0.6) is 0 Å². The second-order valence-corrected chi connectivity index (χ2v) is 7.40. The Morgan fingerprint density at radius 3 is 2.70 bits per heavy atom. The number of hydrogen-bond acceptors (Lipinski definition) is 3. The van der Waals surface area contributed by atoms with E-state index in [9.17, 15) is 14.4 Å². The van der Waals surface area contributed by atoms with Gasteiger partial charge >= 0.3 is 0 Å². The van der Waals surface area contributed by atoms with Crippen LogP contribution in [0.4, 0.5) is 15.8 Å². The highest BCUT2D eigenvalue weighted by atomic mass is 79.9. The molecule has 0 bridgehead atoms. The van der Waals surface area contributed by atoms with Crippen molar-refractivity contribution in [3.05, 3.63) is 63.4 Å². The van der Waals surface area contributed by atoms with Crippen molar-refractivity contribution in [3.63, 3.8) is 0 Å². The zero-order valence-corrected chi connectivity index (χ0v) is 16.5. The summed E-state index contributed by atoms with van der Waals surface area (Å²) in [5.74, 6) is -0.863. The van der Waals surface area contributed by atoms with Crippen molar-refractivity contribution in [3.8, 4) is 6.07 Å². The normalized spacial score (nSPS) is 14.1. The summed E-state index contributed by atoms with van der Waals surface area (Å²) in [6, 6.07) is 12.2. The van der Waals surface area contributed by atoms with E-state index in [1.54, 1.807) is 24.3 Å². The average molecular weight is 428 g/mol. The average Bonchev–Trinajstić information content (AvgIpc) is 3.16. The largest absolute Gasteiger partial charge is 0.369 e. The first-order valence-corrected chi connectivity index (χ1v) is 9.51. The van der Waals surface area contributed by atoms with Crippen LogP contribution in [0.1, 0.15) is 24.0 Å². The van der Waals surface area contributed by atoms with E-state index in [-0.39, 0.29) is 11.4 Å². The van der Waals surface area contributed by atoms with Crippen LogP contribution in [0.25, 0.3) is 6.08 Å². The molecule has 3 rings (SSSR count). The van der Waals surface area contributed by atoms with Gasteiger partial charge in [-0.1, -0.05) is 22.0 Å². The maximum absolute atomic E-state index is 14.6. The lowest BCUT2D eigenvalue weighted by Crippen LogP contribution is -2.19. The molecule has 0 aromatic heterocycles. The molecule has 0 saturated carbocycles. The highest BCUT2D eigenvalue weighted by Gasteiger charge is 2.18. The van der Waals surface area contributed by atoms with E-state index in [1.807, 2.05) is 24.0 Å². The Morgan fingerprint density at radius 1 is 1.30 bits per heavy atom. The zero-order valence-electron chi connectivity index (χ0n) is 14.9. The number of nitrogens with one attached hydrogen (secondary N) is 1. The summed E-state index contributed by atoms with van der Waals surface area (Å²) < 4.78 is 15.4. The van der Waals surface area contributed by atoms with Crippen LogP contribution in [-0.2, 0) is 4.79 Å². The van der Waals surface area contributed by atoms with Crippen LogP contribution in [0.2, 0.25) is 0 Å². The van der Waals surface area contributed by atoms with Gasteiger partial charge in [0.25, 0.3) is 5.91 Å². The van der Waals surface area contributed by atoms with Crippen molar-refractivity contribution in [1.82, 2.24) is 0 Å². The van der Waals surface area contributed by atoms with Crippen LogP contribution >= 0.6 is 15.9 Å². The number of halogens is 2. The molecule has 0 aliphatic carbocycles. The minimum Gasteiger partial charge on any atom is -0.369 e. The number of nitrogens with zero attached hydrogens (tertiary/aromatic N) is 2. The quantitative estimate of drug-likeness (QED) is 0.548. The van der Waals surface area contributed by atoms with Gasteiger partial charge in [-0.15, -0.1) is 0 Å². The van der Waals surface area contributed by atoms with Gasteiger partial charge in [-0.3, -0.25) is 4.79 Å². The molecule has 1 N–H and O–H groups in total. The van der Waals surface area contributed by atoms with E-state index < -0.39 is 5.91 Å². The van der Waals surface area contributed by atoms with Gasteiger partial charge in [0.2, 0.25) is 0 Å². The van der Waals surface area contributed by atoms with Gasteiger partial charge < -0.3 is 10.2 Å². The van der Waals surface area contributed by atoms with Gasteiger partial charge in [0.15, 0.2) is 0 Å². The third kappa shape index (κ3) is 4.55. The van der Waals surface area contributed by atoms with E-state index in [0.29, 0.717) is 16.9 Å². The van der Waals surface area contributed by atoms with Crippen LogP contribution in [0.3, 0.4) is 0 Å². The fraction of sp³-hybridized carbons (Fsp3) is 0.238. The molecule has 1 fully saturated rings. The summed E-state index contributed by atoms with van der Waals surface area (Å²) in [4.78, 5) is 14.4. The summed E-state index contributed by atoms with van der Waals surface area (Å²) in [7, 11) is 0. The summed E-state index contributed by atoms with van der Waals surface area (Å²) in [5, 5.41) is 12.1. The Kier molecular flexibility index (Phi) is 5.92. The van der Waals surface area contributed by atoms with Crippen molar-refractivity contribution in [1.29, 1.82) is 5.26 Å². The van der Waals surface area contributed by atoms with Gasteiger partial charge in [-0.25, -0.2) is 4.39 Å². The fourth-order valence-corrected chi connectivity index (χ4v) is 3.51. The van der Waals surface area contributed by atoms with Crippen LogP contribution in [0, 0.1) is 24.1 Å². The Balaban J connectivity index is 1.85. The second kappa shape index (κ2) is 8.36. The molecular weight excluding hydrogens is 409 g/mol.